The molecule has 5 nitrogen and oxygen atoms in total. The van der Waals surface area contributed by atoms with E-state index in [9.17, 15) is 9.18 Å². The van der Waals surface area contributed by atoms with Crippen molar-refractivity contribution in [3.63, 3.8) is 0 Å². The number of carbonyl (C=O) groups excluding carboxylic acids is 1. The molecule has 164 valence electrons. The van der Waals surface area contributed by atoms with Crippen LogP contribution >= 0.6 is 0 Å². The van der Waals surface area contributed by atoms with E-state index in [4.69, 9.17) is 0 Å². The fourth-order valence-electron chi connectivity index (χ4n) is 3.92. The highest BCUT2D eigenvalue weighted by molar-refractivity contribution is 6.02. The number of aromatic nitrogens is 1. The van der Waals surface area contributed by atoms with Crippen molar-refractivity contribution in [3.05, 3.63) is 102 Å². The SMILES string of the molecule is C/C=C(\c1ccc(C(=O)Nc2ccccc2)nc1)N1CCN(Cc2ccc(F)cc2)CC1. The van der Waals surface area contributed by atoms with E-state index in [2.05, 4.69) is 26.2 Å². The molecule has 1 amide bonds. The van der Waals surface area contributed by atoms with Gasteiger partial charge in [0.05, 0.1) is 0 Å². The summed E-state index contributed by atoms with van der Waals surface area (Å²) in [4.78, 5) is 21.6. The molecule has 1 fully saturated rings. The Labute approximate surface area is 188 Å². The first-order valence-electron chi connectivity index (χ1n) is 10.8. The summed E-state index contributed by atoms with van der Waals surface area (Å²) in [6, 6.07) is 19.8. The van der Waals surface area contributed by atoms with Gasteiger partial charge in [-0.1, -0.05) is 36.4 Å². The third-order valence-electron chi connectivity index (χ3n) is 5.63. The summed E-state index contributed by atoms with van der Waals surface area (Å²) in [7, 11) is 0. The summed E-state index contributed by atoms with van der Waals surface area (Å²) in [5.74, 6) is -0.423. The van der Waals surface area contributed by atoms with Gasteiger partial charge in [-0.2, -0.15) is 0 Å². The van der Waals surface area contributed by atoms with Gasteiger partial charge in [-0.05, 0) is 48.9 Å². The monoisotopic (exact) mass is 430 g/mol. The Morgan fingerprint density at radius 2 is 1.72 bits per heavy atom. The highest BCUT2D eigenvalue weighted by Crippen LogP contribution is 2.21. The lowest BCUT2D eigenvalue weighted by atomic mass is 10.1. The van der Waals surface area contributed by atoms with Crippen LogP contribution in [0.3, 0.4) is 0 Å². The fraction of sp³-hybridized carbons (Fsp3) is 0.231. The van der Waals surface area contributed by atoms with Crippen LogP contribution in [0.1, 0.15) is 28.5 Å². The molecule has 0 unspecified atom stereocenters. The third kappa shape index (κ3) is 5.39. The van der Waals surface area contributed by atoms with Gasteiger partial charge in [0.15, 0.2) is 0 Å². The Balaban J connectivity index is 1.34. The van der Waals surface area contributed by atoms with Gasteiger partial charge in [0.2, 0.25) is 0 Å². The summed E-state index contributed by atoms with van der Waals surface area (Å²) in [5, 5.41) is 2.86. The molecule has 4 rings (SSSR count). The lowest BCUT2D eigenvalue weighted by molar-refractivity contribution is 0.102. The van der Waals surface area contributed by atoms with E-state index in [1.165, 1.54) is 12.1 Å². The van der Waals surface area contributed by atoms with Crippen molar-refractivity contribution in [1.29, 1.82) is 0 Å². The predicted molar refractivity (Wildman–Crippen MR) is 126 cm³/mol. The Kier molecular flexibility index (Phi) is 6.92. The molecule has 1 aromatic heterocycles. The maximum Gasteiger partial charge on any atom is 0.274 e. The van der Waals surface area contributed by atoms with E-state index in [1.54, 1.807) is 12.3 Å². The summed E-state index contributed by atoms with van der Waals surface area (Å²) < 4.78 is 13.1. The summed E-state index contributed by atoms with van der Waals surface area (Å²) in [6.07, 6.45) is 3.86. The van der Waals surface area contributed by atoms with E-state index in [0.717, 1.165) is 55.2 Å². The highest BCUT2D eigenvalue weighted by Gasteiger charge is 2.20. The maximum atomic E-state index is 13.1. The fourth-order valence-corrected chi connectivity index (χ4v) is 3.92. The molecule has 32 heavy (non-hydrogen) atoms. The number of para-hydroxylation sites is 1. The molecule has 1 aliphatic rings. The number of hydrogen-bond acceptors (Lipinski definition) is 4. The van der Waals surface area contributed by atoms with E-state index >= 15 is 0 Å². The predicted octanol–water partition coefficient (Wildman–Crippen LogP) is 4.65. The normalized spacial score (nSPS) is 14.9. The van der Waals surface area contributed by atoms with E-state index in [-0.39, 0.29) is 11.7 Å². The molecule has 0 spiro atoms. The van der Waals surface area contributed by atoms with Crippen LogP contribution in [0.15, 0.2) is 79.0 Å². The smallest absolute Gasteiger partial charge is 0.274 e. The van der Waals surface area contributed by atoms with Gasteiger partial charge in [-0.25, -0.2) is 4.39 Å². The number of amides is 1. The van der Waals surface area contributed by atoms with Crippen molar-refractivity contribution in [2.75, 3.05) is 31.5 Å². The lowest BCUT2D eigenvalue weighted by Crippen LogP contribution is -2.44. The summed E-state index contributed by atoms with van der Waals surface area (Å²) in [6.45, 7) is 6.51. The zero-order valence-corrected chi connectivity index (χ0v) is 18.2. The number of nitrogens with one attached hydrogen (secondary N) is 1. The zero-order chi connectivity index (χ0) is 22.3. The summed E-state index contributed by atoms with van der Waals surface area (Å²) >= 11 is 0. The van der Waals surface area contributed by atoms with Crippen LogP contribution in [0.2, 0.25) is 0 Å². The van der Waals surface area contributed by atoms with Gasteiger partial charge in [0, 0.05) is 55.9 Å². The second kappa shape index (κ2) is 10.2. The second-order valence-electron chi connectivity index (χ2n) is 7.82. The zero-order valence-electron chi connectivity index (χ0n) is 18.2. The molecule has 3 aromatic rings. The average molecular weight is 431 g/mol. The molecule has 6 heteroatoms. The molecule has 0 saturated carbocycles. The van der Waals surface area contributed by atoms with Crippen LogP contribution in [0.25, 0.3) is 5.70 Å². The Morgan fingerprint density at radius 1 is 1.00 bits per heavy atom. The van der Waals surface area contributed by atoms with E-state index < -0.39 is 0 Å². The third-order valence-corrected chi connectivity index (χ3v) is 5.63. The minimum atomic E-state index is -0.223. The van der Waals surface area contributed by atoms with Crippen molar-refractivity contribution >= 4 is 17.3 Å². The van der Waals surface area contributed by atoms with Gasteiger partial charge < -0.3 is 10.2 Å². The first kappa shape index (κ1) is 21.7. The number of carbonyl (C=O) groups is 1. The lowest BCUT2D eigenvalue weighted by Gasteiger charge is -2.37. The van der Waals surface area contributed by atoms with Crippen LogP contribution in [-0.2, 0) is 6.54 Å². The number of rotatable bonds is 6. The molecule has 0 aliphatic carbocycles. The Hall–Kier alpha value is -3.51. The van der Waals surface area contributed by atoms with Crippen LogP contribution in [0, 0.1) is 5.82 Å². The van der Waals surface area contributed by atoms with Gasteiger partial charge in [0.1, 0.15) is 11.5 Å². The maximum absolute atomic E-state index is 13.1. The molecule has 0 radical (unpaired) electrons. The number of allylic oxidation sites excluding steroid dienone is 1. The Morgan fingerprint density at radius 3 is 2.34 bits per heavy atom. The largest absolute Gasteiger partial charge is 0.369 e. The number of hydrogen-bond donors (Lipinski definition) is 1. The van der Waals surface area contributed by atoms with Gasteiger partial charge in [-0.3, -0.25) is 14.7 Å². The number of benzene rings is 2. The molecule has 2 heterocycles. The van der Waals surface area contributed by atoms with Crippen molar-refractivity contribution in [3.8, 4) is 0 Å². The second-order valence-corrected chi connectivity index (χ2v) is 7.82. The topological polar surface area (TPSA) is 48.5 Å². The van der Waals surface area contributed by atoms with Crippen molar-refractivity contribution < 1.29 is 9.18 Å². The van der Waals surface area contributed by atoms with Gasteiger partial charge in [0.25, 0.3) is 5.91 Å². The molecular formula is C26H27FN4O. The minimum absolute atomic E-state index is 0.200. The quantitative estimate of drug-likeness (QED) is 0.618. The van der Waals surface area contributed by atoms with Crippen LogP contribution in [0.4, 0.5) is 10.1 Å². The molecule has 1 saturated heterocycles. The first-order valence-corrected chi connectivity index (χ1v) is 10.8. The van der Waals surface area contributed by atoms with E-state index in [0.29, 0.717) is 5.69 Å². The van der Waals surface area contributed by atoms with Gasteiger partial charge >= 0.3 is 0 Å². The van der Waals surface area contributed by atoms with Crippen molar-refractivity contribution in [2.45, 2.75) is 13.5 Å². The number of anilines is 1. The molecule has 1 N–H and O–H groups in total. The van der Waals surface area contributed by atoms with Crippen molar-refractivity contribution in [2.24, 2.45) is 0 Å². The first-order chi connectivity index (χ1) is 15.6. The van der Waals surface area contributed by atoms with Crippen molar-refractivity contribution in [1.82, 2.24) is 14.8 Å². The van der Waals surface area contributed by atoms with Crippen LogP contribution < -0.4 is 5.32 Å². The Bertz CT molecular complexity index is 1060. The summed E-state index contributed by atoms with van der Waals surface area (Å²) in [5.41, 5.74) is 4.37. The molecular weight excluding hydrogens is 403 g/mol. The van der Waals surface area contributed by atoms with Gasteiger partial charge in [-0.15, -0.1) is 0 Å². The standard InChI is InChI=1S/C26H27FN4O/c1-2-25(31-16-14-30(15-17-31)19-20-8-11-22(27)12-9-20)21-10-13-24(28-18-21)26(32)29-23-6-4-3-5-7-23/h2-13,18H,14-17,19H2,1H3,(H,29,32)/b25-2+. The minimum Gasteiger partial charge on any atom is -0.369 e. The highest BCUT2D eigenvalue weighted by atomic mass is 19.1. The molecule has 2 aromatic carbocycles. The van der Waals surface area contributed by atoms with Crippen LogP contribution in [-0.4, -0.2) is 46.9 Å². The number of piperazine rings is 1. The van der Waals surface area contributed by atoms with E-state index in [1.807, 2.05) is 55.5 Å². The molecule has 0 atom stereocenters. The molecule has 1 aliphatic heterocycles. The molecule has 0 bridgehead atoms. The average Bonchev–Trinajstić information content (AvgIpc) is 2.83. The number of halogens is 1. The number of nitrogens with zero attached hydrogens (tertiary/aromatic N) is 3. The van der Waals surface area contributed by atoms with Crippen LogP contribution in [0.5, 0.6) is 0 Å². The number of pyridine rings is 1.